The highest BCUT2D eigenvalue weighted by atomic mass is 35.5. The van der Waals surface area contributed by atoms with Crippen LogP contribution >= 0.6 is 23.2 Å². The Morgan fingerprint density at radius 2 is 2.00 bits per heavy atom. The van der Waals surface area contributed by atoms with Crippen LogP contribution in [0.5, 0.6) is 0 Å². The van der Waals surface area contributed by atoms with E-state index in [9.17, 15) is 0 Å². The van der Waals surface area contributed by atoms with Gasteiger partial charge in [-0.05, 0) is 30.9 Å². The molecule has 2 nitrogen and oxygen atoms in total. The summed E-state index contributed by atoms with van der Waals surface area (Å²) in [5.74, 6) is 0. The van der Waals surface area contributed by atoms with Crippen molar-refractivity contribution in [3.63, 3.8) is 0 Å². The van der Waals surface area contributed by atoms with Gasteiger partial charge in [0.1, 0.15) is 10.3 Å². The fourth-order valence-corrected chi connectivity index (χ4v) is 1.49. The summed E-state index contributed by atoms with van der Waals surface area (Å²) < 4.78 is 0. The summed E-state index contributed by atoms with van der Waals surface area (Å²) in [6, 6.07) is 3.59. The summed E-state index contributed by atoms with van der Waals surface area (Å²) in [6.45, 7) is 0.221. The summed E-state index contributed by atoms with van der Waals surface area (Å²) in [7, 11) is 0. The summed E-state index contributed by atoms with van der Waals surface area (Å²) in [5, 5.41) is 9.46. The van der Waals surface area contributed by atoms with E-state index in [1.807, 2.05) is 6.07 Å². The van der Waals surface area contributed by atoms with Gasteiger partial charge >= 0.3 is 0 Å². The van der Waals surface area contributed by atoms with E-state index in [4.69, 9.17) is 28.3 Å². The van der Waals surface area contributed by atoms with Crippen molar-refractivity contribution >= 4 is 23.2 Å². The van der Waals surface area contributed by atoms with E-state index < -0.39 is 0 Å². The Hall–Kier alpha value is -0.310. The second kappa shape index (κ2) is 5.43. The first-order chi connectivity index (χ1) is 6.24. The highest BCUT2D eigenvalue weighted by Crippen LogP contribution is 2.18. The van der Waals surface area contributed by atoms with Crippen LogP contribution in [-0.4, -0.2) is 16.7 Å². The molecule has 1 aromatic heterocycles. The summed E-state index contributed by atoms with van der Waals surface area (Å²) >= 11 is 11.5. The van der Waals surface area contributed by atoms with Crippen LogP contribution in [0.25, 0.3) is 0 Å². The van der Waals surface area contributed by atoms with Crippen LogP contribution in [0.2, 0.25) is 10.3 Å². The van der Waals surface area contributed by atoms with Crippen LogP contribution in [0.15, 0.2) is 12.1 Å². The maximum absolute atomic E-state index is 8.59. The Kier molecular flexibility index (Phi) is 4.50. The molecular formula is C9H11Cl2NO. The van der Waals surface area contributed by atoms with Gasteiger partial charge in [0, 0.05) is 6.61 Å². The number of aliphatic hydroxyl groups is 1. The number of rotatable bonds is 4. The Balaban J connectivity index is 2.56. The average molecular weight is 220 g/mol. The molecule has 1 heterocycles. The zero-order chi connectivity index (χ0) is 9.68. The minimum Gasteiger partial charge on any atom is -0.396 e. The van der Waals surface area contributed by atoms with Gasteiger partial charge in [-0.3, -0.25) is 0 Å². The molecule has 0 aliphatic heterocycles. The van der Waals surface area contributed by atoms with E-state index in [1.165, 1.54) is 0 Å². The van der Waals surface area contributed by atoms with Crippen molar-refractivity contribution in [1.82, 2.24) is 4.98 Å². The maximum atomic E-state index is 8.59. The lowest BCUT2D eigenvalue weighted by molar-refractivity contribution is 0.284. The smallest absolute Gasteiger partial charge is 0.134 e. The molecule has 0 bridgehead atoms. The zero-order valence-electron chi connectivity index (χ0n) is 7.13. The Labute approximate surface area is 87.5 Å². The molecule has 1 rings (SSSR count). The first kappa shape index (κ1) is 10.8. The first-order valence-corrected chi connectivity index (χ1v) is 4.91. The number of pyridine rings is 1. The summed E-state index contributed by atoms with van der Waals surface area (Å²) in [6.07, 6.45) is 2.54. The predicted molar refractivity (Wildman–Crippen MR) is 54.3 cm³/mol. The van der Waals surface area contributed by atoms with Crippen LogP contribution in [0.4, 0.5) is 0 Å². The van der Waals surface area contributed by atoms with E-state index in [0.717, 1.165) is 24.8 Å². The number of hydrogen-bond donors (Lipinski definition) is 1. The molecule has 0 spiro atoms. The van der Waals surface area contributed by atoms with Crippen molar-refractivity contribution in [2.75, 3.05) is 6.61 Å². The maximum Gasteiger partial charge on any atom is 0.134 e. The topological polar surface area (TPSA) is 33.1 Å². The Bertz CT molecular complexity index is 278. The third-order valence-electron chi connectivity index (χ3n) is 1.75. The van der Waals surface area contributed by atoms with Gasteiger partial charge in [-0.2, -0.15) is 0 Å². The van der Waals surface area contributed by atoms with Gasteiger partial charge in [0.25, 0.3) is 0 Å². The van der Waals surface area contributed by atoms with Crippen LogP contribution in [-0.2, 0) is 6.42 Å². The molecule has 0 radical (unpaired) electrons. The summed E-state index contributed by atoms with van der Waals surface area (Å²) in [5.41, 5.74) is 0.986. The molecule has 72 valence electrons. The number of unbranched alkanes of at least 4 members (excludes halogenated alkanes) is 1. The van der Waals surface area contributed by atoms with Crippen LogP contribution < -0.4 is 0 Å². The molecule has 0 fully saturated rings. The summed E-state index contributed by atoms with van der Waals surface area (Å²) in [4.78, 5) is 3.92. The molecule has 1 N–H and O–H groups in total. The van der Waals surface area contributed by atoms with Crippen molar-refractivity contribution in [2.24, 2.45) is 0 Å². The van der Waals surface area contributed by atoms with Crippen molar-refractivity contribution in [3.8, 4) is 0 Å². The van der Waals surface area contributed by atoms with Crippen molar-refractivity contribution in [1.29, 1.82) is 0 Å². The first-order valence-electron chi connectivity index (χ1n) is 4.16. The molecule has 0 unspecified atom stereocenters. The molecule has 0 saturated carbocycles. The Morgan fingerprint density at radius 1 is 1.23 bits per heavy atom. The third kappa shape index (κ3) is 3.51. The number of hydrogen-bond acceptors (Lipinski definition) is 2. The second-order valence-corrected chi connectivity index (χ2v) is 3.51. The lowest BCUT2D eigenvalue weighted by Crippen LogP contribution is -1.91. The Morgan fingerprint density at radius 3 is 2.62 bits per heavy atom. The fourth-order valence-electron chi connectivity index (χ4n) is 1.05. The van der Waals surface area contributed by atoms with Gasteiger partial charge in [-0.1, -0.05) is 29.3 Å². The molecular weight excluding hydrogens is 209 g/mol. The number of nitrogens with zero attached hydrogens (tertiary/aromatic N) is 1. The van der Waals surface area contributed by atoms with Crippen molar-refractivity contribution in [2.45, 2.75) is 19.3 Å². The van der Waals surface area contributed by atoms with Gasteiger partial charge in [0.15, 0.2) is 0 Å². The SMILES string of the molecule is OCCCCc1ccc(Cl)nc1Cl. The van der Waals surface area contributed by atoms with Crippen molar-refractivity contribution in [3.05, 3.63) is 28.0 Å². The zero-order valence-corrected chi connectivity index (χ0v) is 8.65. The third-order valence-corrected chi connectivity index (χ3v) is 2.28. The van der Waals surface area contributed by atoms with Crippen LogP contribution in [0.1, 0.15) is 18.4 Å². The molecule has 1 aromatic rings. The molecule has 0 amide bonds. The van der Waals surface area contributed by atoms with E-state index in [-0.39, 0.29) is 6.61 Å². The second-order valence-electron chi connectivity index (χ2n) is 2.76. The molecule has 0 aliphatic rings. The molecule has 13 heavy (non-hydrogen) atoms. The van der Waals surface area contributed by atoms with E-state index >= 15 is 0 Å². The minimum absolute atomic E-state index is 0.221. The monoisotopic (exact) mass is 219 g/mol. The number of aromatic nitrogens is 1. The molecule has 0 aromatic carbocycles. The molecule has 4 heteroatoms. The highest BCUT2D eigenvalue weighted by Gasteiger charge is 2.01. The van der Waals surface area contributed by atoms with E-state index in [0.29, 0.717) is 10.3 Å². The average Bonchev–Trinajstić information content (AvgIpc) is 2.09. The number of aryl methyl sites for hydroxylation is 1. The quantitative estimate of drug-likeness (QED) is 0.625. The molecule has 0 aliphatic carbocycles. The van der Waals surface area contributed by atoms with Gasteiger partial charge in [-0.15, -0.1) is 0 Å². The number of aliphatic hydroxyl groups excluding tert-OH is 1. The van der Waals surface area contributed by atoms with Crippen molar-refractivity contribution < 1.29 is 5.11 Å². The standard InChI is InChI=1S/C9H11Cl2NO/c10-8-5-4-7(9(11)12-8)3-1-2-6-13/h4-5,13H,1-3,6H2. The van der Waals surface area contributed by atoms with Gasteiger partial charge in [-0.25, -0.2) is 4.98 Å². The van der Waals surface area contributed by atoms with E-state index in [2.05, 4.69) is 4.98 Å². The minimum atomic E-state index is 0.221. The number of halogens is 2. The van der Waals surface area contributed by atoms with Gasteiger partial charge in [0.05, 0.1) is 0 Å². The normalized spacial score (nSPS) is 10.4. The largest absolute Gasteiger partial charge is 0.396 e. The fraction of sp³-hybridized carbons (Fsp3) is 0.444. The van der Waals surface area contributed by atoms with Crippen LogP contribution in [0.3, 0.4) is 0 Å². The van der Waals surface area contributed by atoms with Gasteiger partial charge < -0.3 is 5.11 Å². The van der Waals surface area contributed by atoms with Gasteiger partial charge in [0.2, 0.25) is 0 Å². The predicted octanol–water partition coefficient (Wildman–Crippen LogP) is 2.70. The molecule has 0 atom stereocenters. The lowest BCUT2D eigenvalue weighted by atomic mass is 10.1. The van der Waals surface area contributed by atoms with E-state index in [1.54, 1.807) is 6.07 Å². The lowest BCUT2D eigenvalue weighted by Gasteiger charge is -2.02. The highest BCUT2D eigenvalue weighted by molar-refractivity contribution is 6.32. The molecule has 0 saturated heterocycles. The van der Waals surface area contributed by atoms with Crippen LogP contribution in [0, 0.1) is 0 Å².